The van der Waals surface area contributed by atoms with Crippen LogP contribution in [0.1, 0.15) is 26.7 Å². The van der Waals surface area contributed by atoms with Gasteiger partial charge in [-0.25, -0.2) is 10.0 Å². The van der Waals surface area contributed by atoms with E-state index in [1.807, 2.05) is 13.0 Å². The standard InChI is InChI=1S/C15H24N6O/c1-5-8-21(12(3)18-4)19-10-11(2)22-20-15(17)9-14(16)13-6-7-13/h5,8-11,13,16,20H,3-4,6-7,17H2,1-2H3/b8-5-,15-9+,16-14?,19-10-. The van der Waals surface area contributed by atoms with Crippen LogP contribution >= 0.6 is 0 Å². The molecule has 0 aliphatic heterocycles. The summed E-state index contributed by atoms with van der Waals surface area (Å²) in [5.41, 5.74) is 8.88. The lowest BCUT2D eigenvalue weighted by Crippen LogP contribution is -2.27. The van der Waals surface area contributed by atoms with E-state index < -0.39 is 0 Å². The summed E-state index contributed by atoms with van der Waals surface area (Å²) in [7, 11) is 0. The van der Waals surface area contributed by atoms with Gasteiger partial charge in [0.25, 0.3) is 0 Å². The van der Waals surface area contributed by atoms with Crippen molar-refractivity contribution >= 4 is 18.6 Å². The summed E-state index contributed by atoms with van der Waals surface area (Å²) < 4.78 is 0. The zero-order valence-corrected chi connectivity index (χ0v) is 13.1. The maximum atomic E-state index is 7.76. The summed E-state index contributed by atoms with van der Waals surface area (Å²) in [6.07, 6.45) is 8.45. The molecule has 1 atom stereocenters. The summed E-state index contributed by atoms with van der Waals surface area (Å²) >= 11 is 0. The number of hydrogen-bond donors (Lipinski definition) is 3. The molecule has 1 unspecified atom stereocenters. The Morgan fingerprint density at radius 2 is 2.23 bits per heavy atom. The number of hydroxylamine groups is 1. The Morgan fingerprint density at radius 1 is 1.55 bits per heavy atom. The summed E-state index contributed by atoms with van der Waals surface area (Å²) in [4.78, 5) is 9.05. The molecule has 7 heteroatoms. The van der Waals surface area contributed by atoms with Crippen molar-refractivity contribution in [3.8, 4) is 0 Å². The highest BCUT2D eigenvalue weighted by Gasteiger charge is 2.25. The lowest BCUT2D eigenvalue weighted by molar-refractivity contribution is 0.0415. The second-order valence-corrected chi connectivity index (χ2v) is 4.92. The number of nitrogens with zero attached hydrogens (tertiary/aromatic N) is 3. The van der Waals surface area contributed by atoms with Gasteiger partial charge in [-0.05, 0) is 33.4 Å². The van der Waals surface area contributed by atoms with Gasteiger partial charge in [-0.15, -0.1) is 0 Å². The highest BCUT2D eigenvalue weighted by atomic mass is 16.7. The molecule has 7 nitrogen and oxygen atoms in total. The van der Waals surface area contributed by atoms with Crippen molar-refractivity contribution in [3.63, 3.8) is 0 Å². The fourth-order valence-electron chi connectivity index (χ4n) is 1.47. The van der Waals surface area contributed by atoms with E-state index in [9.17, 15) is 0 Å². The van der Waals surface area contributed by atoms with Gasteiger partial charge in [0.1, 0.15) is 17.7 Å². The molecule has 1 aliphatic rings. The fourth-order valence-corrected chi connectivity index (χ4v) is 1.47. The van der Waals surface area contributed by atoms with E-state index in [-0.39, 0.29) is 6.10 Å². The minimum Gasteiger partial charge on any atom is -0.384 e. The maximum absolute atomic E-state index is 7.76. The third-order valence-corrected chi connectivity index (χ3v) is 2.83. The van der Waals surface area contributed by atoms with Crippen molar-refractivity contribution in [3.05, 3.63) is 36.6 Å². The predicted molar refractivity (Wildman–Crippen MR) is 90.2 cm³/mol. The Labute approximate surface area is 131 Å². The number of allylic oxidation sites excluding steroid dienone is 2. The smallest absolute Gasteiger partial charge is 0.145 e. The van der Waals surface area contributed by atoms with Gasteiger partial charge in [0.15, 0.2) is 0 Å². The van der Waals surface area contributed by atoms with Crippen LogP contribution in [0.3, 0.4) is 0 Å². The van der Waals surface area contributed by atoms with Gasteiger partial charge in [0, 0.05) is 23.9 Å². The lowest BCUT2D eigenvalue weighted by Gasteiger charge is -2.14. The number of nitrogens with one attached hydrogen (secondary N) is 2. The van der Waals surface area contributed by atoms with E-state index in [1.54, 1.807) is 25.4 Å². The molecule has 120 valence electrons. The molecular weight excluding hydrogens is 280 g/mol. The molecule has 0 saturated heterocycles. The van der Waals surface area contributed by atoms with E-state index in [0.717, 1.165) is 12.8 Å². The van der Waals surface area contributed by atoms with E-state index in [0.29, 0.717) is 23.3 Å². The summed E-state index contributed by atoms with van der Waals surface area (Å²) in [5, 5.41) is 13.4. The van der Waals surface area contributed by atoms with Gasteiger partial charge >= 0.3 is 0 Å². The van der Waals surface area contributed by atoms with Crippen LogP contribution in [0.25, 0.3) is 0 Å². The first-order chi connectivity index (χ1) is 10.5. The van der Waals surface area contributed by atoms with Crippen LogP contribution in [-0.2, 0) is 4.84 Å². The van der Waals surface area contributed by atoms with Crippen molar-refractivity contribution in [2.45, 2.75) is 32.8 Å². The van der Waals surface area contributed by atoms with Crippen LogP contribution in [0.4, 0.5) is 0 Å². The Morgan fingerprint density at radius 3 is 2.77 bits per heavy atom. The fraction of sp³-hybridized carbons (Fsp3) is 0.400. The zero-order chi connectivity index (χ0) is 16.5. The van der Waals surface area contributed by atoms with Crippen LogP contribution in [-0.4, -0.2) is 29.8 Å². The number of aliphatic imine (C=N–C) groups is 1. The maximum Gasteiger partial charge on any atom is 0.145 e. The van der Waals surface area contributed by atoms with Crippen LogP contribution in [0.2, 0.25) is 0 Å². The van der Waals surface area contributed by atoms with Gasteiger partial charge in [-0.1, -0.05) is 12.7 Å². The first-order valence-corrected chi connectivity index (χ1v) is 7.07. The Bertz CT molecular complexity index is 504. The number of hydrazone groups is 1. The molecule has 0 aromatic carbocycles. The minimum atomic E-state index is -0.340. The average Bonchev–Trinajstić information content (AvgIpc) is 3.33. The monoisotopic (exact) mass is 304 g/mol. The molecular formula is C15H24N6O. The van der Waals surface area contributed by atoms with E-state index in [4.69, 9.17) is 16.0 Å². The normalized spacial score (nSPS) is 16.7. The number of rotatable bonds is 10. The van der Waals surface area contributed by atoms with Gasteiger partial charge in [0.05, 0.1) is 6.21 Å². The van der Waals surface area contributed by atoms with E-state index in [1.165, 1.54) is 5.01 Å². The molecule has 1 aliphatic carbocycles. The zero-order valence-electron chi connectivity index (χ0n) is 13.1. The summed E-state index contributed by atoms with van der Waals surface area (Å²) in [6, 6.07) is 0. The van der Waals surface area contributed by atoms with Gasteiger partial charge < -0.3 is 11.1 Å². The van der Waals surface area contributed by atoms with Crippen molar-refractivity contribution in [2.24, 2.45) is 21.7 Å². The SMILES string of the molecule is C=NC(=C)N(/C=C\C)/N=C\C(C)ON/C(N)=C/C(=N)C1CC1. The molecule has 1 fully saturated rings. The van der Waals surface area contributed by atoms with Crippen molar-refractivity contribution in [1.82, 2.24) is 10.5 Å². The second kappa shape index (κ2) is 8.78. The lowest BCUT2D eigenvalue weighted by atomic mass is 10.2. The highest BCUT2D eigenvalue weighted by Crippen LogP contribution is 2.30. The first-order valence-electron chi connectivity index (χ1n) is 7.07. The van der Waals surface area contributed by atoms with Crippen molar-refractivity contribution in [1.29, 1.82) is 5.41 Å². The highest BCUT2D eigenvalue weighted by molar-refractivity contribution is 5.96. The van der Waals surface area contributed by atoms with Crippen LogP contribution < -0.4 is 11.2 Å². The third-order valence-electron chi connectivity index (χ3n) is 2.83. The predicted octanol–water partition coefficient (Wildman–Crippen LogP) is 2.12. The average molecular weight is 304 g/mol. The quantitative estimate of drug-likeness (QED) is 0.425. The molecule has 0 bridgehead atoms. The van der Waals surface area contributed by atoms with Gasteiger partial charge in [0.2, 0.25) is 0 Å². The molecule has 4 N–H and O–H groups in total. The van der Waals surface area contributed by atoms with Gasteiger partial charge in [-0.3, -0.25) is 10.3 Å². The second-order valence-electron chi connectivity index (χ2n) is 4.92. The molecule has 0 aromatic heterocycles. The molecule has 0 radical (unpaired) electrons. The van der Waals surface area contributed by atoms with Crippen molar-refractivity contribution < 1.29 is 4.84 Å². The molecule has 0 spiro atoms. The molecule has 0 amide bonds. The van der Waals surface area contributed by atoms with Crippen LogP contribution in [0, 0.1) is 11.3 Å². The number of hydrogen-bond acceptors (Lipinski definition) is 7. The Hall–Kier alpha value is -2.41. The van der Waals surface area contributed by atoms with Crippen LogP contribution in [0.15, 0.2) is 46.7 Å². The van der Waals surface area contributed by atoms with E-state index in [2.05, 4.69) is 28.9 Å². The number of nitrogens with two attached hydrogens (primary N) is 1. The minimum absolute atomic E-state index is 0.305. The summed E-state index contributed by atoms with van der Waals surface area (Å²) in [5.74, 6) is 1.07. The molecule has 0 heterocycles. The Balaban J connectivity index is 2.44. The molecule has 22 heavy (non-hydrogen) atoms. The Kier molecular flexibility index (Phi) is 7.04. The summed E-state index contributed by atoms with van der Waals surface area (Å²) in [6.45, 7) is 10.8. The van der Waals surface area contributed by atoms with E-state index >= 15 is 0 Å². The first kappa shape index (κ1) is 17.6. The largest absolute Gasteiger partial charge is 0.384 e. The third kappa shape index (κ3) is 6.36. The molecule has 0 aromatic rings. The van der Waals surface area contributed by atoms with Crippen LogP contribution in [0.5, 0.6) is 0 Å². The topological polar surface area (TPSA) is 99.1 Å². The van der Waals surface area contributed by atoms with Crippen molar-refractivity contribution in [2.75, 3.05) is 0 Å². The van der Waals surface area contributed by atoms with Gasteiger partial charge in [-0.2, -0.15) is 5.10 Å². The molecule has 1 saturated carbocycles. The molecule has 1 rings (SSSR count).